The molecule has 0 aliphatic carbocycles. The molecule has 2 N–H and O–H groups in total. The van der Waals surface area contributed by atoms with Crippen LogP contribution in [-0.4, -0.2) is 9.78 Å². The fraction of sp³-hybridized carbons (Fsp3) is 0.182. The van der Waals surface area contributed by atoms with E-state index in [0.717, 1.165) is 16.8 Å². The van der Waals surface area contributed by atoms with E-state index in [-0.39, 0.29) is 0 Å². The highest BCUT2D eigenvalue weighted by molar-refractivity contribution is 5.67. The molecule has 0 saturated carbocycles. The third-order valence-electron chi connectivity index (χ3n) is 2.14. The minimum absolute atomic E-state index is 0.795. The lowest BCUT2D eigenvalue weighted by molar-refractivity contribution is 0.768. The highest BCUT2D eigenvalue weighted by Crippen LogP contribution is 2.22. The van der Waals surface area contributed by atoms with Gasteiger partial charge in [0.15, 0.2) is 0 Å². The van der Waals surface area contributed by atoms with Crippen molar-refractivity contribution in [2.24, 2.45) is 7.05 Å². The summed E-state index contributed by atoms with van der Waals surface area (Å²) in [5.41, 5.74) is 9.96. The molecule has 72 valence electrons. The van der Waals surface area contributed by atoms with Gasteiger partial charge in [0.2, 0.25) is 0 Å². The van der Waals surface area contributed by atoms with Gasteiger partial charge in [-0.15, -0.1) is 0 Å². The Hall–Kier alpha value is -1.77. The number of benzene rings is 1. The molecule has 1 heterocycles. The van der Waals surface area contributed by atoms with Gasteiger partial charge in [-0.25, -0.2) is 0 Å². The lowest BCUT2D eigenvalue weighted by Gasteiger charge is -2.01. The number of hydrogen-bond acceptors (Lipinski definition) is 2. The third-order valence-corrected chi connectivity index (χ3v) is 2.14. The summed E-state index contributed by atoms with van der Waals surface area (Å²) >= 11 is 0. The summed E-state index contributed by atoms with van der Waals surface area (Å²) in [6.45, 7) is 2.04. The molecule has 2 rings (SSSR count). The van der Waals surface area contributed by atoms with Crippen molar-refractivity contribution >= 4 is 5.69 Å². The molecule has 1 aromatic carbocycles. The highest BCUT2D eigenvalue weighted by Gasteiger charge is 2.01. The largest absolute Gasteiger partial charge is 0.399 e. The van der Waals surface area contributed by atoms with Gasteiger partial charge in [-0.05, 0) is 30.2 Å². The van der Waals surface area contributed by atoms with Crippen LogP contribution in [0.4, 0.5) is 5.69 Å². The van der Waals surface area contributed by atoms with Crippen LogP contribution in [0, 0.1) is 6.92 Å². The van der Waals surface area contributed by atoms with Crippen molar-refractivity contribution < 1.29 is 0 Å². The van der Waals surface area contributed by atoms with Crippen molar-refractivity contribution in [2.45, 2.75) is 6.92 Å². The fourth-order valence-electron chi connectivity index (χ4n) is 1.55. The van der Waals surface area contributed by atoms with E-state index in [1.165, 1.54) is 5.56 Å². The van der Waals surface area contributed by atoms with E-state index in [1.807, 2.05) is 38.5 Å². The minimum atomic E-state index is 0.795. The predicted molar refractivity (Wildman–Crippen MR) is 57.8 cm³/mol. The van der Waals surface area contributed by atoms with Crippen molar-refractivity contribution in [1.29, 1.82) is 0 Å². The molecule has 2 aromatic rings. The summed E-state index contributed by atoms with van der Waals surface area (Å²) in [7, 11) is 1.91. The van der Waals surface area contributed by atoms with Gasteiger partial charge in [0, 0.05) is 24.5 Å². The molecule has 3 heteroatoms. The summed E-state index contributed by atoms with van der Waals surface area (Å²) in [5.74, 6) is 0. The molecule has 0 atom stereocenters. The van der Waals surface area contributed by atoms with E-state index in [0.29, 0.717) is 0 Å². The van der Waals surface area contributed by atoms with E-state index >= 15 is 0 Å². The number of nitrogens with two attached hydrogens (primary N) is 1. The Kier molecular flexibility index (Phi) is 2.00. The van der Waals surface area contributed by atoms with Gasteiger partial charge < -0.3 is 5.73 Å². The molecule has 0 fully saturated rings. The zero-order valence-electron chi connectivity index (χ0n) is 8.36. The molecule has 0 amide bonds. The molecule has 0 bridgehead atoms. The van der Waals surface area contributed by atoms with Gasteiger partial charge in [0.05, 0.1) is 6.20 Å². The second kappa shape index (κ2) is 3.18. The van der Waals surface area contributed by atoms with Crippen LogP contribution in [0.1, 0.15) is 5.56 Å². The average molecular weight is 187 g/mol. The number of anilines is 1. The van der Waals surface area contributed by atoms with Crippen molar-refractivity contribution in [2.75, 3.05) is 5.73 Å². The molecule has 14 heavy (non-hydrogen) atoms. The Morgan fingerprint density at radius 1 is 1.21 bits per heavy atom. The Morgan fingerprint density at radius 3 is 2.57 bits per heavy atom. The summed E-state index contributed by atoms with van der Waals surface area (Å²) in [4.78, 5) is 0. The van der Waals surface area contributed by atoms with Gasteiger partial charge in [0.25, 0.3) is 0 Å². The first kappa shape index (κ1) is 8.81. The molecule has 0 radical (unpaired) electrons. The monoisotopic (exact) mass is 187 g/mol. The first-order chi connectivity index (χ1) is 6.65. The zero-order chi connectivity index (χ0) is 10.1. The van der Waals surface area contributed by atoms with Crippen LogP contribution in [0.3, 0.4) is 0 Å². The van der Waals surface area contributed by atoms with Gasteiger partial charge in [-0.3, -0.25) is 4.68 Å². The summed E-state index contributed by atoms with van der Waals surface area (Å²) in [5, 5.41) is 4.13. The van der Waals surface area contributed by atoms with Crippen LogP contribution in [0.25, 0.3) is 11.1 Å². The normalized spacial score (nSPS) is 10.4. The van der Waals surface area contributed by atoms with Crippen LogP contribution < -0.4 is 5.73 Å². The van der Waals surface area contributed by atoms with Crippen LogP contribution in [-0.2, 0) is 7.05 Å². The van der Waals surface area contributed by atoms with E-state index in [1.54, 1.807) is 4.68 Å². The lowest BCUT2D eigenvalue weighted by atomic mass is 10.1. The Labute approximate surface area is 83.2 Å². The van der Waals surface area contributed by atoms with Crippen LogP contribution in [0.15, 0.2) is 30.6 Å². The number of nitrogens with zero attached hydrogens (tertiary/aromatic N) is 2. The molecular formula is C11H13N3. The van der Waals surface area contributed by atoms with Crippen LogP contribution in [0.2, 0.25) is 0 Å². The smallest absolute Gasteiger partial charge is 0.0568 e. The van der Waals surface area contributed by atoms with Crippen molar-refractivity contribution in [3.8, 4) is 11.1 Å². The predicted octanol–water partition coefficient (Wildman–Crippen LogP) is 1.98. The van der Waals surface area contributed by atoms with Crippen molar-refractivity contribution in [3.05, 3.63) is 36.2 Å². The Morgan fingerprint density at radius 2 is 2.00 bits per heavy atom. The first-order valence-electron chi connectivity index (χ1n) is 4.51. The van der Waals surface area contributed by atoms with Gasteiger partial charge >= 0.3 is 0 Å². The minimum Gasteiger partial charge on any atom is -0.399 e. The zero-order valence-corrected chi connectivity index (χ0v) is 8.36. The summed E-state index contributed by atoms with van der Waals surface area (Å²) in [6.07, 6.45) is 3.82. The number of nitrogen functional groups attached to an aromatic ring is 1. The summed E-state index contributed by atoms with van der Waals surface area (Å²) in [6, 6.07) is 6.03. The van der Waals surface area contributed by atoms with E-state index < -0.39 is 0 Å². The number of aromatic nitrogens is 2. The summed E-state index contributed by atoms with van der Waals surface area (Å²) < 4.78 is 1.79. The molecule has 0 aliphatic rings. The number of hydrogen-bond donors (Lipinski definition) is 1. The molecule has 0 spiro atoms. The maximum atomic E-state index is 5.78. The SMILES string of the molecule is Cc1cc(N)cc(-c2cnn(C)c2)c1. The van der Waals surface area contributed by atoms with Crippen molar-refractivity contribution in [3.63, 3.8) is 0 Å². The Balaban J connectivity index is 2.51. The number of rotatable bonds is 1. The second-order valence-electron chi connectivity index (χ2n) is 3.54. The fourth-order valence-corrected chi connectivity index (χ4v) is 1.55. The van der Waals surface area contributed by atoms with Gasteiger partial charge in [-0.1, -0.05) is 6.07 Å². The quantitative estimate of drug-likeness (QED) is 0.694. The number of aryl methyl sites for hydroxylation is 2. The van der Waals surface area contributed by atoms with E-state index in [2.05, 4.69) is 11.2 Å². The van der Waals surface area contributed by atoms with Crippen molar-refractivity contribution in [1.82, 2.24) is 9.78 Å². The Bertz CT molecular complexity index is 437. The van der Waals surface area contributed by atoms with E-state index in [9.17, 15) is 0 Å². The van der Waals surface area contributed by atoms with Crippen LogP contribution >= 0.6 is 0 Å². The molecule has 0 saturated heterocycles. The maximum Gasteiger partial charge on any atom is 0.0568 e. The average Bonchev–Trinajstić information content (AvgIpc) is 2.50. The maximum absolute atomic E-state index is 5.78. The highest BCUT2D eigenvalue weighted by atomic mass is 15.2. The standard InChI is InChI=1S/C11H13N3/c1-8-3-9(5-11(12)4-8)10-6-13-14(2)7-10/h3-7H,12H2,1-2H3. The van der Waals surface area contributed by atoms with Gasteiger partial charge in [0.1, 0.15) is 0 Å². The third kappa shape index (κ3) is 1.62. The molecule has 1 aromatic heterocycles. The lowest BCUT2D eigenvalue weighted by Crippen LogP contribution is -1.87. The van der Waals surface area contributed by atoms with E-state index in [4.69, 9.17) is 5.73 Å². The molecular weight excluding hydrogens is 174 g/mol. The molecule has 0 unspecified atom stereocenters. The topological polar surface area (TPSA) is 43.8 Å². The second-order valence-corrected chi connectivity index (χ2v) is 3.54. The van der Waals surface area contributed by atoms with Gasteiger partial charge in [-0.2, -0.15) is 5.10 Å². The first-order valence-corrected chi connectivity index (χ1v) is 4.51. The van der Waals surface area contributed by atoms with Crippen LogP contribution in [0.5, 0.6) is 0 Å². The molecule has 0 aliphatic heterocycles. The molecule has 3 nitrogen and oxygen atoms in total.